The van der Waals surface area contributed by atoms with E-state index >= 15 is 0 Å². The number of nitrogens with zero attached hydrogens (tertiary/aromatic N) is 4. The molecule has 0 aliphatic carbocycles. The topological polar surface area (TPSA) is 114 Å². The van der Waals surface area contributed by atoms with Crippen LogP contribution in [0.3, 0.4) is 0 Å². The van der Waals surface area contributed by atoms with Crippen molar-refractivity contribution in [2.24, 2.45) is 0 Å². The third-order valence-corrected chi connectivity index (χ3v) is 4.04. The average Bonchev–Trinajstić information content (AvgIpc) is 3.11. The zero-order valence-electron chi connectivity index (χ0n) is 13.4. The van der Waals surface area contributed by atoms with Crippen LogP contribution in [0.25, 0.3) is 0 Å². The van der Waals surface area contributed by atoms with E-state index in [1.807, 2.05) is 6.92 Å². The molecule has 1 atom stereocenters. The van der Waals surface area contributed by atoms with E-state index in [-0.39, 0.29) is 24.1 Å². The van der Waals surface area contributed by atoms with Crippen LogP contribution in [0.1, 0.15) is 24.2 Å². The molecule has 1 aliphatic heterocycles. The van der Waals surface area contributed by atoms with Gasteiger partial charge in [-0.3, -0.25) is 14.9 Å². The molecular formula is C15H17N5O4. The Morgan fingerprint density at radius 3 is 3.04 bits per heavy atom. The van der Waals surface area contributed by atoms with E-state index in [1.54, 1.807) is 19.2 Å². The number of carbonyl (C=O) groups excluding carboxylic acids is 1. The minimum Gasteiger partial charge on any atom is -0.359 e. The highest BCUT2D eigenvalue weighted by molar-refractivity contribution is 5.77. The van der Waals surface area contributed by atoms with Gasteiger partial charge in [-0.25, -0.2) is 0 Å². The summed E-state index contributed by atoms with van der Waals surface area (Å²) in [6, 6.07) is 5.01. The first-order valence-corrected chi connectivity index (χ1v) is 7.54. The molecule has 1 amide bonds. The van der Waals surface area contributed by atoms with E-state index in [0.717, 1.165) is 17.7 Å². The summed E-state index contributed by atoms with van der Waals surface area (Å²) in [5, 5.41) is 17.2. The molecule has 0 bridgehead atoms. The largest absolute Gasteiger partial charge is 0.359 e. The molecule has 0 fully saturated rings. The van der Waals surface area contributed by atoms with Crippen LogP contribution in [-0.4, -0.2) is 34.1 Å². The van der Waals surface area contributed by atoms with E-state index in [2.05, 4.69) is 20.4 Å². The highest BCUT2D eigenvalue weighted by Crippen LogP contribution is 2.35. The quantitative estimate of drug-likeness (QED) is 0.647. The summed E-state index contributed by atoms with van der Waals surface area (Å²) < 4.78 is 5.21. The summed E-state index contributed by atoms with van der Waals surface area (Å²) in [7, 11) is 1.55. The number of fused-ring (bicyclic) bond motifs is 1. The molecule has 3 rings (SSSR count). The third kappa shape index (κ3) is 3.05. The highest BCUT2D eigenvalue weighted by Gasteiger charge is 2.29. The van der Waals surface area contributed by atoms with E-state index in [9.17, 15) is 14.9 Å². The molecule has 1 aliphatic rings. The molecule has 1 aromatic carbocycles. The number of anilines is 1. The van der Waals surface area contributed by atoms with E-state index in [0.29, 0.717) is 18.3 Å². The Hall–Kier alpha value is -2.97. The van der Waals surface area contributed by atoms with Crippen molar-refractivity contribution in [3.63, 3.8) is 0 Å². The lowest BCUT2D eigenvalue weighted by Gasteiger charge is -2.22. The Kier molecular flexibility index (Phi) is 4.15. The van der Waals surface area contributed by atoms with Gasteiger partial charge in [-0.2, -0.15) is 4.98 Å². The summed E-state index contributed by atoms with van der Waals surface area (Å²) in [5.41, 5.74) is 1.95. The third-order valence-electron chi connectivity index (χ3n) is 4.04. The average molecular weight is 331 g/mol. The van der Waals surface area contributed by atoms with Crippen molar-refractivity contribution in [3.8, 4) is 0 Å². The molecule has 24 heavy (non-hydrogen) atoms. The maximum Gasteiger partial charge on any atom is 0.269 e. The summed E-state index contributed by atoms with van der Waals surface area (Å²) >= 11 is 0. The number of nitro benzene ring substituents is 1. The van der Waals surface area contributed by atoms with Gasteiger partial charge < -0.3 is 14.7 Å². The predicted octanol–water partition coefficient (Wildman–Crippen LogP) is 1.22. The molecule has 126 valence electrons. The van der Waals surface area contributed by atoms with Gasteiger partial charge in [0.2, 0.25) is 11.8 Å². The normalized spacial score (nSPS) is 16.1. The lowest BCUT2D eigenvalue weighted by atomic mass is 10.1. The molecular weight excluding hydrogens is 314 g/mol. The van der Waals surface area contributed by atoms with Gasteiger partial charge in [-0.05, 0) is 25.0 Å². The van der Waals surface area contributed by atoms with Gasteiger partial charge in [0.15, 0.2) is 5.82 Å². The lowest BCUT2D eigenvalue weighted by Crippen LogP contribution is -2.28. The van der Waals surface area contributed by atoms with E-state index in [1.165, 1.54) is 6.07 Å². The monoisotopic (exact) mass is 331 g/mol. The van der Waals surface area contributed by atoms with Crippen molar-refractivity contribution >= 4 is 17.3 Å². The number of rotatable bonds is 5. The van der Waals surface area contributed by atoms with Crippen LogP contribution < -0.4 is 10.2 Å². The van der Waals surface area contributed by atoms with Gasteiger partial charge in [0.1, 0.15) is 0 Å². The minimum atomic E-state index is -0.392. The Morgan fingerprint density at radius 2 is 2.33 bits per heavy atom. The van der Waals surface area contributed by atoms with Crippen molar-refractivity contribution in [2.45, 2.75) is 32.4 Å². The number of likely N-dealkylation sites (N-methyl/N-ethyl adjacent to an activating group) is 1. The molecule has 0 saturated carbocycles. The number of aromatic nitrogens is 2. The van der Waals surface area contributed by atoms with Gasteiger partial charge in [-0.1, -0.05) is 5.16 Å². The second kappa shape index (κ2) is 6.26. The van der Waals surface area contributed by atoms with E-state index < -0.39 is 4.92 Å². The van der Waals surface area contributed by atoms with Crippen LogP contribution in [0.5, 0.6) is 0 Å². The predicted molar refractivity (Wildman–Crippen MR) is 84.5 cm³/mol. The van der Waals surface area contributed by atoms with Crippen LogP contribution in [0.15, 0.2) is 22.7 Å². The van der Waals surface area contributed by atoms with Gasteiger partial charge in [0.05, 0.1) is 17.9 Å². The van der Waals surface area contributed by atoms with Crippen LogP contribution in [0.2, 0.25) is 0 Å². The first kappa shape index (κ1) is 15.9. The van der Waals surface area contributed by atoms with Gasteiger partial charge in [0, 0.05) is 30.9 Å². The fourth-order valence-corrected chi connectivity index (χ4v) is 2.84. The Labute approximate surface area is 137 Å². The van der Waals surface area contributed by atoms with Crippen LogP contribution in [0, 0.1) is 10.1 Å². The molecule has 2 aromatic rings. The lowest BCUT2D eigenvalue weighted by molar-refractivity contribution is -0.384. The maximum absolute atomic E-state index is 11.3. The van der Waals surface area contributed by atoms with Crippen molar-refractivity contribution in [1.82, 2.24) is 15.5 Å². The van der Waals surface area contributed by atoms with Crippen molar-refractivity contribution in [3.05, 3.63) is 45.6 Å². The smallest absolute Gasteiger partial charge is 0.269 e. The first-order chi connectivity index (χ1) is 11.5. The summed E-state index contributed by atoms with van der Waals surface area (Å²) in [4.78, 5) is 28.1. The molecule has 0 saturated heterocycles. The molecule has 1 unspecified atom stereocenters. The fourth-order valence-electron chi connectivity index (χ4n) is 2.84. The molecule has 0 radical (unpaired) electrons. The molecule has 1 aromatic heterocycles. The fraction of sp³-hybridized carbons (Fsp3) is 0.400. The molecule has 9 nitrogen and oxygen atoms in total. The summed E-state index contributed by atoms with van der Waals surface area (Å²) in [6.45, 7) is 2.43. The molecule has 0 spiro atoms. The SMILES string of the molecule is CNC(=O)Cc1noc(CN2c3ccc([N+](=O)[O-])cc3CC2C)n1. The highest BCUT2D eigenvalue weighted by atomic mass is 16.6. The minimum absolute atomic E-state index is 0.0678. The second-order valence-electron chi connectivity index (χ2n) is 5.71. The summed E-state index contributed by atoms with van der Waals surface area (Å²) in [6.07, 6.45) is 0.786. The Bertz CT molecular complexity index is 788. The van der Waals surface area contributed by atoms with Crippen LogP contribution in [-0.2, 0) is 24.2 Å². The van der Waals surface area contributed by atoms with Crippen molar-refractivity contribution in [2.75, 3.05) is 11.9 Å². The van der Waals surface area contributed by atoms with Crippen molar-refractivity contribution < 1.29 is 14.2 Å². The van der Waals surface area contributed by atoms with Gasteiger partial charge in [0.25, 0.3) is 5.69 Å². The molecule has 2 heterocycles. The number of amides is 1. The van der Waals surface area contributed by atoms with Crippen LogP contribution >= 0.6 is 0 Å². The number of carbonyl (C=O) groups is 1. The number of hydrogen-bond donors (Lipinski definition) is 1. The number of hydrogen-bond acceptors (Lipinski definition) is 7. The number of nitro groups is 1. The first-order valence-electron chi connectivity index (χ1n) is 7.54. The number of benzene rings is 1. The van der Waals surface area contributed by atoms with E-state index in [4.69, 9.17) is 4.52 Å². The van der Waals surface area contributed by atoms with Gasteiger partial charge in [-0.15, -0.1) is 0 Å². The second-order valence-corrected chi connectivity index (χ2v) is 5.71. The summed E-state index contributed by atoms with van der Waals surface area (Å²) in [5.74, 6) is 0.557. The molecule has 1 N–H and O–H groups in total. The van der Waals surface area contributed by atoms with Crippen molar-refractivity contribution in [1.29, 1.82) is 0 Å². The Morgan fingerprint density at radius 1 is 1.54 bits per heavy atom. The molecule has 9 heteroatoms. The zero-order chi connectivity index (χ0) is 17.3. The number of non-ortho nitro benzene ring substituents is 1. The Balaban J connectivity index is 1.77. The van der Waals surface area contributed by atoms with Crippen LogP contribution in [0.4, 0.5) is 11.4 Å². The number of nitrogens with one attached hydrogen (secondary N) is 1. The van der Waals surface area contributed by atoms with Gasteiger partial charge >= 0.3 is 0 Å². The zero-order valence-corrected chi connectivity index (χ0v) is 13.4. The standard InChI is InChI=1S/C15H17N5O4/c1-9-5-10-6-11(20(22)23)3-4-12(10)19(9)8-15-17-13(18-24-15)7-14(21)16-2/h3-4,6,9H,5,7-8H2,1-2H3,(H,16,21). The maximum atomic E-state index is 11.3.